The lowest BCUT2D eigenvalue weighted by molar-refractivity contribution is 0.597. The Morgan fingerprint density at radius 1 is 1.10 bits per heavy atom. The van der Waals surface area contributed by atoms with Crippen molar-refractivity contribution < 1.29 is 0 Å². The van der Waals surface area contributed by atoms with Crippen LogP contribution in [0.25, 0.3) is 16.8 Å². The fourth-order valence-electron chi connectivity index (χ4n) is 5.05. The first-order chi connectivity index (χ1) is 19.4. The summed E-state index contributed by atoms with van der Waals surface area (Å²) in [6.45, 7) is 20.5. The van der Waals surface area contributed by atoms with Gasteiger partial charge in [-0.05, 0) is 94.2 Å². The number of anilines is 2. The monoisotopic (exact) mass is 535 g/mol. The number of hydrogen-bond acceptors (Lipinski definition) is 5. The van der Waals surface area contributed by atoms with Crippen LogP contribution in [0.4, 0.5) is 11.5 Å². The number of aryl methyl sites for hydroxylation is 1. The fourth-order valence-corrected chi connectivity index (χ4v) is 5.05. The highest BCUT2D eigenvalue weighted by molar-refractivity contribution is 5.79. The molecule has 3 heterocycles. The Balaban J connectivity index is 1.64. The van der Waals surface area contributed by atoms with Gasteiger partial charge < -0.3 is 10.2 Å². The van der Waals surface area contributed by atoms with E-state index in [0.717, 1.165) is 83.3 Å². The lowest BCUT2D eigenvalue weighted by atomic mass is 9.95. The minimum Gasteiger partial charge on any atom is -0.357 e. The van der Waals surface area contributed by atoms with E-state index in [0.29, 0.717) is 11.8 Å². The van der Waals surface area contributed by atoms with Gasteiger partial charge in [0.2, 0.25) is 0 Å². The lowest BCUT2D eigenvalue weighted by Crippen LogP contribution is -2.25. The Kier molecular flexibility index (Phi) is 10.3. The Labute approximate surface area is 241 Å². The lowest BCUT2D eigenvalue weighted by Gasteiger charge is -2.24. The molecule has 0 amide bonds. The summed E-state index contributed by atoms with van der Waals surface area (Å²) in [6, 6.07) is 10.8. The predicted molar refractivity (Wildman–Crippen MR) is 171 cm³/mol. The molecule has 210 valence electrons. The van der Waals surface area contributed by atoms with E-state index in [-0.39, 0.29) is 0 Å². The maximum atomic E-state index is 5.16. The first-order valence-corrected chi connectivity index (χ1v) is 14.8. The van der Waals surface area contributed by atoms with Crippen LogP contribution < -0.4 is 10.2 Å². The predicted octanol–water partition coefficient (Wildman–Crippen LogP) is 9.06. The van der Waals surface area contributed by atoms with Crippen LogP contribution in [0.2, 0.25) is 0 Å². The molecule has 1 unspecified atom stereocenters. The van der Waals surface area contributed by atoms with Crippen molar-refractivity contribution in [1.82, 2.24) is 15.0 Å². The second-order valence-electron chi connectivity index (χ2n) is 11.0. The highest BCUT2D eigenvalue weighted by Gasteiger charge is 2.25. The van der Waals surface area contributed by atoms with Crippen molar-refractivity contribution in [2.24, 2.45) is 0 Å². The third-order valence-corrected chi connectivity index (χ3v) is 7.76. The highest BCUT2D eigenvalue weighted by atomic mass is 15.2. The third-order valence-electron chi connectivity index (χ3n) is 7.76. The SMILES string of the molecule is C=CCCCCC(C)c1cc(-c2cc(NC(=C)c3ccnc(C4CC4)c3)cnc2C)cc(N(CC)CCC=C)n1. The number of nitrogens with one attached hydrogen (secondary N) is 1. The van der Waals surface area contributed by atoms with E-state index in [1.165, 1.54) is 25.7 Å². The molecule has 5 heteroatoms. The number of aromatic nitrogens is 3. The molecule has 0 radical (unpaired) electrons. The van der Waals surface area contributed by atoms with Gasteiger partial charge in [-0.3, -0.25) is 9.97 Å². The Hall–Kier alpha value is -3.73. The van der Waals surface area contributed by atoms with Crippen LogP contribution in [0.1, 0.15) is 93.3 Å². The Morgan fingerprint density at radius 3 is 2.62 bits per heavy atom. The second kappa shape index (κ2) is 14.1. The standard InChI is InChI=1S/C35H45N5/c1-7-10-12-13-14-25(4)33-21-30(22-35(39-33)40(9-3)19-11-8-2)32-23-31(24-37-27(32)6)38-26(5)29-17-18-36-34(20-29)28-15-16-28/h7-8,17-18,20-25,28,38H,1-2,5,9-16,19H2,3-4,6H3. The molecule has 0 saturated heterocycles. The summed E-state index contributed by atoms with van der Waals surface area (Å²) < 4.78 is 0. The van der Waals surface area contributed by atoms with Gasteiger partial charge in [0.1, 0.15) is 5.82 Å². The molecule has 1 aliphatic rings. The molecule has 0 aliphatic heterocycles. The van der Waals surface area contributed by atoms with E-state index in [4.69, 9.17) is 9.97 Å². The van der Waals surface area contributed by atoms with E-state index >= 15 is 0 Å². The summed E-state index contributed by atoms with van der Waals surface area (Å²) in [6.07, 6.45) is 15.6. The average molecular weight is 536 g/mol. The molecule has 4 rings (SSSR count). The van der Waals surface area contributed by atoms with Crippen molar-refractivity contribution in [3.8, 4) is 11.1 Å². The number of pyridine rings is 3. The number of unbranched alkanes of at least 4 members (excludes halogenated alkanes) is 2. The molecule has 0 spiro atoms. The third kappa shape index (κ3) is 7.68. The van der Waals surface area contributed by atoms with Crippen molar-refractivity contribution in [1.29, 1.82) is 0 Å². The maximum absolute atomic E-state index is 5.16. The number of rotatable bonds is 16. The molecule has 0 aromatic carbocycles. The number of nitrogens with zero attached hydrogens (tertiary/aromatic N) is 4. The molecule has 3 aromatic rings. The quantitative estimate of drug-likeness (QED) is 0.146. The van der Waals surface area contributed by atoms with Crippen LogP contribution in [-0.4, -0.2) is 28.0 Å². The zero-order valence-electron chi connectivity index (χ0n) is 24.6. The normalized spacial score (nSPS) is 13.5. The minimum absolute atomic E-state index is 0.364. The molecule has 1 fully saturated rings. The molecule has 5 nitrogen and oxygen atoms in total. The fraction of sp³-hybridized carbons (Fsp3) is 0.400. The zero-order valence-corrected chi connectivity index (χ0v) is 24.6. The maximum Gasteiger partial charge on any atom is 0.129 e. The molecule has 3 aromatic heterocycles. The van der Waals surface area contributed by atoms with Crippen LogP contribution in [-0.2, 0) is 0 Å². The van der Waals surface area contributed by atoms with Crippen LogP contribution in [0.5, 0.6) is 0 Å². The Morgan fingerprint density at radius 2 is 1.90 bits per heavy atom. The highest BCUT2D eigenvalue weighted by Crippen LogP contribution is 2.39. The first kappa shape index (κ1) is 29.3. The van der Waals surface area contributed by atoms with Crippen molar-refractivity contribution >= 4 is 17.2 Å². The van der Waals surface area contributed by atoms with Crippen molar-refractivity contribution in [2.45, 2.75) is 77.6 Å². The van der Waals surface area contributed by atoms with Gasteiger partial charge in [0.05, 0.1) is 11.9 Å². The summed E-state index contributed by atoms with van der Waals surface area (Å²) in [5.74, 6) is 1.98. The first-order valence-electron chi connectivity index (χ1n) is 14.8. The van der Waals surface area contributed by atoms with Gasteiger partial charge in [-0.25, -0.2) is 4.98 Å². The Bertz CT molecular complexity index is 1320. The van der Waals surface area contributed by atoms with Crippen LogP contribution in [0, 0.1) is 6.92 Å². The topological polar surface area (TPSA) is 53.9 Å². The minimum atomic E-state index is 0.364. The molecule has 1 N–H and O–H groups in total. The summed E-state index contributed by atoms with van der Waals surface area (Å²) in [5.41, 5.74) is 8.39. The van der Waals surface area contributed by atoms with Gasteiger partial charge >= 0.3 is 0 Å². The van der Waals surface area contributed by atoms with E-state index in [2.05, 4.69) is 80.0 Å². The van der Waals surface area contributed by atoms with E-state index in [1.54, 1.807) is 0 Å². The van der Waals surface area contributed by atoms with Crippen molar-refractivity contribution in [3.63, 3.8) is 0 Å². The summed E-state index contributed by atoms with van der Waals surface area (Å²) in [7, 11) is 0. The van der Waals surface area contributed by atoms with Crippen LogP contribution in [0.3, 0.4) is 0 Å². The summed E-state index contributed by atoms with van der Waals surface area (Å²) in [5, 5.41) is 3.51. The van der Waals surface area contributed by atoms with Crippen molar-refractivity contribution in [3.05, 3.63) is 97.3 Å². The van der Waals surface area contributed by atoms with Gasteiger partial charge in [-0.2, -0.15) is 0 Å². The molecule has 40 heavy (non-hydrogen) atoms. The van der Waals surface area contributed by atoms with E-state index in [1.807, 2.05) is 30.6 Å². The van der Waals surface area contributed by atoms with Gasteiger partial charge in [0.15, 0.2) is 0 Å². The van der Waals surface area contributed by atoms with Crippen LogP contribution >= 0.6 is 0 Å². The summed E-state index contributed by atoms with van der Waals surface area (Å²) >= 11 is 0. The second-order valence-corrected chi connectivity index (χ2v) is 11.0. The molecule has 1 saturated carbocycles. The van der Waals surface area contributed by atoms with Gasteiger partial charge in [-0.15, -0.1) is 13.2 Å². The molecule has 1 atom stereocenters. The van der Waals surface area contributed by atoms with Gasteiger partial charge in [-0.1, -0.05) is 32.1 Å². The number of allylic oxidation sites excluding steroid dienone is 1. The molecule has 0 bridgehead atoms. The molecular formula is C35H45N5. The van der Waals surface area contributed by atoms with Gasteiger partial charge in [0.25, 0.3) is 0 Å². The van der Waals surface area contributed by atoms with E-state index in [9.17, 15) is 0 Å². The molecular weight excluding hydrogens is 490 g/mol. The largest absolute Gasteiger partial charge is 0.357 e. The molecule has 1 aliphatic carbocycles. The van der Waals surface area contributed by atoms with Crippen LogP contribution in [0.15, 0.2) is 74.6 Å². The van der Waals surface area contributed by atoms with Crippen molar-refractivity contribution in [2.75, 3.05) is 23.3 Å². The average Bonchev–Trinajstić information content (AvgIpc) is 3.82. The smallest absolute Gasteiger partial charge is 0.129 e. The number of hydrogen-bond donors (Lipinski definition) is 1. The van der Waals surface area contributed by atoms with Gasteiger partial charge in [0, 0.05) is 59.1 Å². The van der Waals surface area contributed by atoms with E-state index < -0.39 is 0 Å². The zero-order chi connectivity index (χ0) is 28.5. The summed E-state index contributed by atoms with van der Waals surface area (Å²) in [4.78, 5) is 16.8.